The molecule has 2 aromatic rings. The zero-order chi connectivity index (χ0) is 14.0. The summed E-state index contributed by atoms with van der Waals surface area (Å²) in [5.41, 5.74) is 2.35. The number of benzene rings is 1. The van der Waals surface area contributed by atoms with Gasteiger partial charge < -0.3 is 14.8 Å². The summed E-state index contributed by atoms with van der Waals surface area (Å²) in [5.74, 6) is -1.13. The van der Waals surface area contributed by atoms with Crippen LogP contribution in [0.2, 0.25) is 5.02 Å². The van der Waals surface area contributed by atoms with E-state index in [-0.39, 0.29) is 5.76 Å². The average Bonchev–Trinajstić information content (AvgIpc) is 2.80. The number of nitrogens with one attached hydrogen (secondary N) is 1. The van der Waals surface area contributed by atoms with Gasteiger partial charge in [-0.05, 0) is 46.6 Å². The van der Waals surface area contributed by atoms with Crippen molar-refractivity contribution in [2.24, 2.45) is 0 Å². The van der Waals surface area contributed by atoms with Crippen molar-refractivity contribution in [1.29, 1.82) is 0 Å². The summed E-state index contributed by atoms with van der Waals surface area (Å²) >= 11 is 9.49. The standard InChI is InChI=1S/C13H11BrClNO3/c1-7-4-9(14)11(5-10(7)15)16-6-8-2-3-19-12(8)13(17)18/h2-5,16H,6H2,1H3,(H,17,18). The minimum Gasteiger partial charge on any atom is -0.475 e. The molecule has 0 amide bonds. The predicted octanol–water partition coefficient (Wildman–Crippen LogP) is 4.31. The molecule has 0 aliphatic rings. The summed E-state index contributed by atoms with van der Waals surface area (Å²) in [7, 11) is 0. The highest BCUT2D eigenvalue weighted by Crippen LogP contribution is 2.29. The van der Waals surface area contributed by atoms with Gasteiger partial charge in [0.1, 0.15) is 0 Å². The van der Waals surface area contributed by atoms with Crippen LogP contribution < -0.4 is 5.32 Å². The molecule has 0 saturated carbocycles. The molecule has 1 aromatic carbocycles. The van der Waals surface area contributed by atoms with Gasteiger partial charge in [0, 0.05) is 21.6 Å². The van der Waals surface area contributed by atoms with Crippen molar-refractivity contribution in [2.75, 3.05) is 5.32 Å². The minimum absolute atomic E-state index is 0.0539. The van der Waals surface area contributed by atoms with E-state index in [1.165, 1.54) is 6.26 Å². The number of hydrogen-bond donors (Lipinski definition) is 2. The molecule has 100 valence electrons. The van der Waals surface area contributed by atoms with E-state index in [0.717, 1.165) is 15.7 Å². The number of rotatable bonds is 4. The number of furan rings is 1. The molecule has 0 saturated heterocycles. The van der Waals surface area contributed by atoms with Crippen LogP contribution in [0, 0.1) is 6.92 Å². The second-order valence-electron chi connectivity index (χ2n) is 4.01. The van der Waals surface area contributed by atoms with Gasteiger partial charge in [0.25, 0.3) is 0 Å². The van der Waals surface area contributed by atoms with Crippen LogP contribution in [-0.2, 0) is 6.54 Å². The summed E-state index contributed by atoms with van der Waals surface area (Å²) in [6.45, 7) is 2.26. The lowest BCUT2D eigenvalue weighted by Gasteiger charge is -2.10. The Kier molecular flexibility index (Phi) is 4.17. The Labute approximate surface area is 123 Å². The first-order valence-electron chi connectivity index (χ1n) is 5.48. The van der Waals surface area contributed by atoms with Crippen molar-refractivity contribution in [1.82, 2.24) is 0 Å². The first-order valence-corrected chi connectivity index (χ1v) is 6.65. The Balaban J connectivity index is 2.17. The van der Waals surface area contributed by atoms with E-state index in [4.69, 9.17) is 21.1 Å². The summed E-state index contributed by atoms with van der Waals surface area (Å²) < 4.78 is 5.78. The average molecular weight is 345 g/mol. The van der Waals surface area contributed by atoms with Crippen molar-refractivity contribution in [3.05, 3.63) is 50.8 Å². The number of hydrogen-bond acceptors (Lipinski definition) is 3. The second kappa shape index (κ2) is 5.67. The van der Waals surface area contributed by atoms with Crippen LogP contribution in [-0.4, -0.2) is 11.1 Å². The quantitative estimate of drug-likeness (QED) is 0.867. The first kappa shape index (κ1) is 14.0. The molecule has 1 aromatic heterocycles. The molecule has 0 aliphatic carbocycles. The molecule has 0 bridgehead atoms. The fourth-order valence-electron chi connectivity index (χ4n) is 1.63. The molecule has 0 atom stereocenters. The van der Waals surface area contributed by atoms with Crippen LogP contribution in [0.1, 0.15) is 21.7 Å². The maximum atomic E-state index is 10.9. The lowest BCUT2D eigenvalue weighted by atomic mass is 10.2. The van der Waals surface area contributed by atoms with Gasteiger partial charge in [0.15, 0.2) is 0 Å². The molecular weight excluding hydrogens is 334 g/mol. The van der Waals surface area contributed by atoms with Gasteiger partial charge in [-0.2, -0.15) is 0 Å². The highest BCUT2D eigenvalue weighted by molar-refractivity contribution is 9.10. The third kappa shape index (κ3) is 3.11. The summed E-state index contributed by atoms with van der Waals surface area (Å²) in [6.07, 6.45) is 1.36. The van der Waals surface area contributed by atoms with Gasteiger partial charge in [-0.15, -0.1) is 0 Å². The first-order chi connectivity index (χ1) is 8.99. The lowest BCUT2D eigenvalue weighted by Crippen LogP contribution is -2.05. The number of halogens is 2. The van der Waals surface area contributed by atoms with E-state index < -0.39 is 5.97 Å². The highest BCUT2D eigenvalue weighted by atomic mass is 79.9. The van der Waals surface area contributed by atoms with Crippen molar-refractivity contribution < 1.29 is 14.3 Å². The zero-order valence-corrected chi connectivity index (χ0v) is 12.4. The van der Waals surface area contributed by atoms with Crippen LogP contribution >= 0.6 is 27.5 Å². The topological polar surface area (TPSA) is 62.5 Å². The monoisotopic (exact) mass is 343 g/mol. The fraction of sp³-hybridized carbons (Fsp3) is 0.154. The summed E-state index contributed by atoms with van der Waals surface area (Å²) in [6, 6.07) is 5.32. The Morgan fingerprint density at radius 1 is 1.53 bits per heavy atom. The molecule has 0 spiro atoms. The van der Waals surface area contributed by atoms with E-state index >= 15 is 0 Å². The van der Waals surface area contributed by atoms with Crippen molar-refractivity contribution >= 4 is 39.2 Å². The molecule has 0 aliphatic heterocycles. The second-order valence-corrected chi connectivity index (χ2v) is 5.28. The Morgan fingerprint density at radius 3 is 2.95 bits per heavy atom. The van der Waals surface area contributed by atoms with Crippen molar-refractivity contribution in [3.63, 3.8) is 0 Å². The van der Waals surface area contributed by atoms with Gasteiger partial charge in [-0.25, -0.2) is 4.79 Å². The summed E-state index contributed by atoms with van der Waals surface area (Å²) in [4.78, 5) is 10.9. The lowest BCUT2D eigenvalue weighted by molar-refractivity contribution is 0.0661. The Morgan fingerprint density at radius 2 is 2.26 bits per heavy atom. The number of carbonyl (C=O) groups is 1. The molecule has 19 heavy (non-hydrogen) atoms. The van der Waals surface area contributed by atoms with Crippen LogP contribution in [0.15, 0.2) is 33.4 Å². The number of anilines is 1. The fourth-order valence-corrected chi connectivity index (χ4v) is 2.40. The number of aryl methyl sites for hydroxylation is 1. The molecule has 6 heteroatoms. The van der Waals surface area contributed by atoms with Gasteiger partial charge >= 0.3 is 5.97 Å². The number of carboxylic acid groups (broad SMARTS) is 1. The van der Waals surface area contributed by atoms with Crippen LogP contribution in [0.3, 0.4) is 0 Å². The number of carboxylic acids is 1. The Bertz CT molecular complexity index is 624. The van der Waals surface area contributed by atoms with Gasteiger partial charge in [-0.1, -0.05) is 11.6 Å². The van der Waals surface area contributed by atoms with E-state index in [1.807, 2.05) is 13.0 Å². The van der Waals surface area contributed by atoms with Crippen molar-refractivity contribution in [2.45, 2.75) is 13.5 Å². The predicted molar refractivity (Wildman–Crippen MR) is 76.9 cm³/mol. The third-order valence-corrected chi connectivity index (χ3v) is 3.72. The van der Waals surface area contributed by atoms with E-state index in [1.54, 1.807) is 12.1 Å². The van der Waals surface area contributed by atoms with E-state index in [9.17, 15) is 4.79 Å². The number of aromatic carboxylic acids is 1. The molecular formula is C13H11BrClNO3. The normalized spacial score (nSPS) is 10.5. The highest BCUT2D eigenvalue weighted by Gasteiger charge is 2.14. The summed E-state index contributed by atoms with van der Waals surface area (Å²) in [5, 5.41) is 12.7. The molecule has 1 heterocycles. The molecule has 0 fully saturated rings. The molecule has 0 unspecified atom stereocenters. The smallest absolute Gasteiger partial charge is 0.372 e. The third-order valence-electron chi connectivity index (χ3n) is 2.66. The van der Waals surface area contributed by atoms with Crippen LogP contribution in [0.25, 0.3) is 0 Å². The maximum absolute atomic E-state index is 10.9. The largest absolute Gasteiger partial charge is 0.475 e. The molecule has 4 nitrogen and oxygen atoms in total. The van der Waals surface area contributed by atoms with Crippen LogP contribution in [0.4, 0.5) is 5.69 Å². The molecule has 0 radical (unpaired) electrons. The van der Waals surface area contributed by atoms with Crippen LogP contribution in [0.5, 0.6) is 0 Å². The van der Waals surface area contributed by atoms with E-state index in [0.29, 0.717) is 17.1 Å². The van der Waals surface area contributed by atoms with Crippen molar-refractivity contribution in [3.8, 4) is 0 Å². The SMILES string of the molecule is Cc1cc(Br)c(NCc2ccoc2C(=O)O)cc1Cl. The minimum atomic E-state index is -1.08. The molecule has 2 N–H and O–H groups in total. The Hall–Kier alpha value is -1.46. The maximum Gasteiger partial charge on any atom is 0.372 e. The molecule has 2 rings (SSSR count). The van der Waals surface area contributed by atoms with Gasteiger partial charge in [-0.3, -0.25) is 0 Å². The van der Waals surface area contributed by atoms with Gasteiger partial charge in [0.2, 0.25) is 5.76 Å². The van der Waals surface area contributed by atoms with Gasteiger partial charge in [0.05, 0.1) is 12.0 Å². The van der Waals surface area contributed by atoms with E-state index in [2.05, 4.69) is 21.2 Å². The zero-order valence-electron chi connectivity index (χ0n) is 10.0.